The smallest absolute Gasteiger partial charge is 0.224 e. The molecule has 9 nitrogen and oxygen atoms in total. The molecule has 0 bridgehead atoms. The highest BCUT2D eigenvalue weighted by atomic mass is 19.1. The molecule has 5 aromatic rings. The second-order valence-corrected chi connectivity index (χ2v) is 10.2. The largest absolute Gasteiger partial charge is 0.472 e. The van der Waals surface area contributed by atoms with Gasteiger partial charge in [-0.1, -0.05) is 19.1 Å². The number of benzene rings is 1. The lowest BCUT2D eigenvalue weighted by molar-refractivity contribution is -0.116. The Labute approximate surface area is 234 Å². The van der Waals surface area contributed by atoms with E-state index in [4.69, 9.17) is 9.40 Å². The van der Waals surface area contributed by atoms with Crippen molar-refractivity contribution in [3.05, 3.63) is 89.4 Å². The molecule has 7 rings (SSSR count). The summed E-state index contributed by atoms with van der Waals surface area (Å²) in [4.78, 5) is 33.9. The van der Waals surface area contributed by atoms with E-state index < -0.39 is 5.82 Å². The molecule has 1 amide bonds. The third kappa shape index (κ3) is 4.37. The molecule has 1 unspecified atom stereocenters. The van der Waals surface area contributed by atoms with Crippen LogP contribution in [-0.2, 0) is 11.3 Å². The van der Waals surface area contributed by atoms with E-state index in [1.54, 1.807) is 31.0 Å². The number of aryl methyl sites for hydroxylation is 1. The average Bonchev–Trinajstić information content (AvgIpc) is 3.31. The Kier molecular flexibility index (Phi) is 5.96. The number of carbonyl (C=O) groups excluding carboxylic acids is 1. The van der Waals surface area contributed by atoms with Gasteiger partial charge in [-0.15, -0.1) is 0 Å². The second kappa shape index (κ2) is 9.81. The van der Waals surface area contributed by atoms with E-state index in [-0.39, 0.29) is 24.2 Å². The number of nitrogens with one attached hydrogen (secondary N) is 3. The molecule has 3 N–H and O–H groups in total. The number of H-pyrrole nitrogens is 1. The van der Waals surface area contributed by atoms with Gasteiger partial charge in [-0.05, 0) is 31.0 Å². The summed E-state index contributed by atoms with van der Waals surface area (Å²) in [6.45, 7) is 4.21. The first-order valence-electron chi connectivity index (χ1n) is 13.5. The summed E-state index contributed by atoms with van der Waals surface area (Å²) in [5.41, 5.74) is 8.10. The first kappa shape index (κ1) is 24.9. The molecule has 2 aliphatic heterocycles. The highest BCUT2D eigenvalue weighted by Gasteiger charge is 2.37. The zero-order valence-electron chi connectivity index (χ0n) is 22.5. The zero-order chi connectivity index (χ0) is 28.1. The minimum atomic E-state index is -0.499. The minimum Gasteiger partial charge on any atom is -0.472 e. The molecule has 0 spiro atoms. The molecule has 6 heterocycles. The molecule has 0 aliphatic carbocycles. The van der Waals surface area contributed by atoms with Crippen molar-refractivity contribution in [1.29, 1.82) is 0 Å². The normalized spacial score (nSPS) is 15.6. The number of rotatable bonds is 6. The minimum absolute atomic E-state index is 0.101. The lowest BCUT2D eigenvalue weighted by Gasteiger charge is -2.15. The van der Waals surface area contributed by atoms with Gasteiger partial charge < -0.3 is 20.0 Å². The fourth-order valence-corrected chi connectivity index (χ4v) is 5.31. The number of amides is 1. The molecule has 2 aliphatic rings. The topological polar surface area (TPSA) is 131 Å². The number of halogens is 1. The van der Waals surface area contributed by atoms with Gasteiger partial charge in [0.15, 0.2) is 5.82 Å². The number of fused-ring (bicyclic) bond motifs is 3. The van der Waals surface area contributed by atoms with E-state index in [0.717, 1.165) is 39.8 Å². The molecular weight excluding hydrogens is 521 g/mol. The van der Waals surface area contributed by atoms with E-state index in [2.05, 4.69) is 30.6 Å². The molecular formula is C31H26FN7O2. The van der Waals surface area contributed by atoms with Crippen LogP contribution in [0, 0.1) is 12.7 Å². The molecule has 1 atom stereocenters. The standard InChI is InChI=1S/C31H26FN7O2/c1-3-4-23(40)36-20-9-18(10-33-13-20)28-26(32)24-19(12-35-28)11-34-14-22-30(37-22)25(24)31-38-27-16(2)5-6-21(29(27)39-31)17-7-8-41-15-17/h5-10,12-15,22,37H,3-4,11H2,1-2H3,(H,36,40)(H,38,39). The highest BCUT2D eigenvalue weighted by Crippen LogP contribution is 2.40. The summed E-state index contributed by atoms with van der Waals surface area (Å²) in [7, 11) is 0. The van der Waals surface area contributed by atoms with Gasteiger partial charge in [0.2, 0.25) is 5.91 Å². The van der Waals surface area contributed by atoms with Crippen LogP contribution in [0.5, 0.6) is 0 Å². The Balaban J connectivity index is 1.39. The fourth-order valence-electron chi connectivity index (χ4n) is 5.31. The first-order valence-corrected chi connectivity index (χ1v) is 13.5. The third-order valence-corrected chi connectivity index (χ3v) is 7.36. The quantitative estimate of drug-likeness (QED) is 0.231. The number of nitrogens with zero attached hydrogens (tertiary/aromatic N) is 4. The van der Waals surface area contributed by atoms with Crippen LogP contribution in [0.3, 0.4) is 0 Å². The summed E-state index contributed by atoms with van der Waals surface area (Å²) in [5, 5.41) is 6.17. The lowest BCUT2D eigenvalue weighted by atomic mass is 9.95. The third-order valence-electron chi connectivity index (χ3n) is 7.36. The van der Waals surface area contributed by atoms with Gasteiger partial charge in [-0.25, -0.2) is 9.37 Å². The molecule has 41 heavy (non-hydrogen) atoms. The van der Waals surface area contributed by atoms with Crippen LogP contribution in [-0.4, -0.2) is 38.1 Å². The Morgan fingerprint density at radius 2 is 2.10 bits per heavy atom. The van der Waals surface area contributed by atoms with Crippen molar-refractivity contribution in [2.24, 2.45) is 4.99 Å². The number of imidazole rings is 1. The SMILES string of the molecule is CCCC(=O)Nc1cncc(-c2ncc3c(c2F)C(c2nc4c(C)ccc(-c5ccoc5)c4[nH]2)=C2NC2C=NC3)c1. The number of pyridine rings is 2. The monoisotopic (exact) mass is 547 g/mol. The molecule has 10 heteroatoms. The van der Waals surface area contributed by atoms with Crippen LogP contribution in [0.15, 0.2) is 70.5 Å². The first-order chi connectivity index (χ1) is 20.0. The Hall–Kier alpha value is -5.12. The molecule has 1 fully saturated rings. The van der Waals surface area contributed by atoms with Crippen molar-refractivity contribution in [2.45, 2.75) is 39.3 Å². The molecule has 204 valence electrons. The van der Waals surface area contributed by atoms with E-state index in [1.165, 1.54) is 6.20 Å². The Morgan fingerprint density at radius 3 is 2.93 bits per heavy atom. The summed E-state index contributed by atoms with van der Waals surface area (Å²) in [5.74, 6) is -0.0697. The van der Waals surface area contributed by atoms with Crippen LogP contribution in [0.1, 0.15) is 42.3 Å². The van der Waals surface area contributed by atoms with Gasteiger partial charge in [-0.3, -0.25) is 19.8 Å². The summed E-state index contributed by atoms with van der Waals surface area (Å²) < 4.78 is 22.0. The van der Waals surface area contributed by atoms with Gasteiger partial charge >= 0.3 is 0 Å². The number of anilines is 1. The number of aromatic nitrogens is 4. The van der Waals surface area contributed by atoms with E-state index in [1.807, 2.05) is 38.3 Å². The van der Waals surface area contributed by atoms with Crippen molar-refractivity contribution in [1.82, 2.24) is 25.3 Å². The summed E-state index contributed by atoms with van der Waals surface area (Å²) >= 11 is 0. The predicted molar refractivity (Wildman–Crippen MR) is 155 cm³/mol. The van der Waals surface area contributed by atoms with E-state index in [0.29, 0.717) is 40.2 Å². The number of aliphatic imine (C=N–C) groups is 1. The zero-order valence-corrected chi connectivity index (χ0v) is 22.5. The molecule has 0 radical (unpaired) electrons. The van der Waals surface area contributed by atoms with Crippen molar-refractivity contribution in [3.8, 4) is 22.4 Å². The van der Waals surface area contributed by atoms with Crippen molar-refractivity contribution in [2.75, 3.05) is 5.32 Å². The lowest BCUT2D eigenvalue weighted by Crippen LogP contribution is -2.11. The highest BCUT2D eigenvalue weighted by molar-refractivity contribution is 5.98. The molecule has 0 saturated carbocycles. The van der Waals surface area contributed by atoms with Gasteiger partial charge in [0.05, 0.1) is 47.7 Å². The van der Waals surface area contributed by atoms with E-state index in [9.17, 15) is 4.79 Å². The molecule has 4 aromatic heterocycles. The number of hydrogen-bond acceptors (Lipinski definition) is 7. The van der Waals surface area contributed by atoms with Gasteiger partial charge in [0.25, 0.3) is 0 Å². The molecule has 1 saturated heterocycles. The van der Waals surface area contributed by atoms with Crippen LogP contribution in [0.2, 0.25) is 0 Å². The maximum absolute atomic E-state index is 16.7. The number of hydrogen-bond donors (Lipinski definition) is 3. The number of furan rings is 1. The van der Waals surface area contributed by atoms with Crippen LogP contribution in [0.25, 0.3) is 39.0 Å². The number of aromatic amines is 1. The Morgan fingerprint density at radius 1 is 1.20 bits per heavy atom. The van der Waals surface area contributed by atoms with Crippen LogP contribution >= 0.6 is 0 Å². The molecule has 1 aromatic carbocycles. The fraction of sp³-hybridized carbons (Fsp3) is 0.194. The van der Waals surface area contributed by atoms with E-state index >= 15 is 4.39 Å². The van der Waals surface area contributed by atoms with Gasteiger partial charge in [0, 0.05) is 58.4 Å². The second-order valence-electron chi connectivity index (χ2n) is 10.2. The van der Waals surface area contributed by atoms with Crippen molar-refractivity contribution in [3.63, 3.8) is 0 Å². The van der Waals surface area contributed by atoms with Crippen molar-refractivity contribution < 1.29 is 13.6 Å². The van der Waals surface area contributed by atoms with Crippen LogP contribution < -0.4 is 10.6 Å². The Bertz CT molecular complexity index is 1890. The summed E-state index contributed by atoms with van der Waals surface area (Å²) in [6.07, 6.45) is 11.0. The van der Waals surface area contributed by atoms with Gasteiger partial charge in [0.1, 0.15) is 17.6 Å². The van der Waals surface area contributed by atoms with Gasteiger partial charge in [-0.2, -0.15) is 0 Å². The average molecular weight is 548 g/mol. The summed E-state index contributed by atoms with van der Waals surface area (Å²) in [6, 6.07) is 7.53. The van der Waals surface area contributed by atoms with Crippen LogP contribution in [0.4, 0.5) is 10.1 Å². The predicted octanol–water partition coefficient (Wildman–Crippen LogP) is 5.78. The number of carbonyl (C=O) groups is 1. The van der Waals surface area contributed by atoms with Crippen molar-refractivity contribution >= 4 is 34.4 Å². The maximum atomic E-state index is 16.7. The maximum Gasteiger partial charge on any atom is 0.224 e.